The molecule has 1 aliphatic heterocycles. The standard InChI is InChI=1S/C23H28N2O2/c24-22(26)15-5-3-1-2-4-6-16-23(27)25-20-13-9-7-11-18(20)17-19-12-8-10-14-21(19)25/h7-14H,1-6,15-17H2,(H2,24,26). The quantitative estimate of drug-likeness (QED) is 0.646. The maximum absolute atomic E-state index is 13.0. The Kier molecular flexibility index (Phi) is 6.64. The van der Waals surface area contributed by atoms with Gasteiger partial charge >= 0.3 is 0 Å². The van der Waals surface area contributed by atoms with Gasteiger partial charge in [-0.05, 0) is 36.1 Å². The molecule has 27 heavy (non-hydrogen) atoms. The SMILES string of the molecule is NC(=O)CCCCCCCCC(=O)N1c2ccccc2Cc2ccccc21. The molecule has 0 aliphatic carbocycles. The number of primary amides is 1. The van der Waals surface area contributed by atoms with Crippen LogP contribution in [0.1, 0.15) is 62.5 Å². The van der Waals surface area contributed by atoms with Crippen LogP contribution in [0, 0.1) is 0 Å². The zero-order chi connectivity index (χ0) is 19.1. The lowest BCUT2D eigenvalue weighted by Gasteiger charge is -2.31. The zero-order valence-electron chi connectivity index (χ0n) is 15.8. The third-order valence-corrected chi connectivity index (χ3v) is 5.16. The minimum Gasteiger partial charge on any atom is -0.370 e. The summed E-state index contributed by atoms with van der Waals surface area (Å²) in [4.78, 5) is 25.6. The molecule has 1 heterocycles. The number of hydrogen-bond acceptors (Lipinski definition) is 2. The van der Waals surface area contributed by atoms with E-state index >= 15 is 0 Å². The summed E-state index contributed by atoms with van der Waals surface area (Å²) in [5.74, 6) is -0.0500. The highest BCUT2D eigenvalue weighted by molar-refractivity contribution is 6.03. The lowest BCUT2D eigenvalue weighted by atomic mass is 9.95. The van der Waals surface area contributed by atoms with E-state index in [2.05, 4.69) is 12.1 Å². The van der Waals surface area contributed by atoms with Crippen LogP contribution in [0.15, 0.2) is 48.5 Å². The van der Waals surface area contributed by atoms with Gasteiger partial charge < -0.3 is 5.73 Å². The van der Waals surface area contributed by atoms with Crippen LogP contribution in [-0.2, 0) is 16.0 Å². The lowest BCUT2D eigenvalue weighted by Crippen LogP contribution is -2.30. The summed E-state index contributed by atoms with van der Waals surface area (Å²) in [6, 6.07) is 16.4. The molecule has 0 fully saturated rings. The van der Waals surface area contributed by atoms with E-state index in [1.54, 1.807) is 0 Å². The normalized spacial score (nSPS) is 12.4. The molecule has 0 saturated carbocycles. The fraction of sp³-hybridized carbons (Fsp3) is 0.391. The first-order chi connectivity index (χ1) is 13.2. The summed E-state index contributed by atoms with van der Waals surface area (Å²) in [6.45, 7) is 0. The largest absolute Gasteiger partial charge is 0.370 e. The van der Waals surface area contributed by atoms with Gasteiger partial charge in [-0.3, -0.25) is 14.5 Å². The number of unbranched alkanes of at least 4 members (excludes halogenated alkanes) is 5. The summed E-state index contributed by atoms with van der Waals surface area (Å²) in [5, 5.41) is 0. The molecular weight excluding hydrogens is 336 g/mol. The number of hydrogen-bond donors (Lipinski definition) is 1. The summed E-state index contributed by atoms with van der Waals surface area (Å²) in [7, 11) is 0. The first-order valence-corrected chi connectivity index (χ1v) is 9.94. The van der Waals surface area contributed by atoms with Crippen molar-refractivity contribution in [2.45, 2.75) is 57.8 Å². The highest BCUT2D eigenvalue weighted by atomic mass is 16.2. The second-order valence-corrected chi connectivity index (χ2v) is 7.25. The average molecular weight is 364 g/mol. The summed E-state index contributed by atoms with van der Waals surface area (Å²) < 4.78 is 0. The van der Waals surface area contributed by atoms with Crippen molar-refractivity contribution in [1.82, 2.24) is 0 Å². The van der Waals surface area contributed by atoms with Crippen LogP contribution in [0.5, 0.6) is 0 Å². The predicted octanol–water partition coefficient (Wildman–Crippen LogP) is 4.86. The highest BCUT2D eigenvalue weighted by Crippen LogP contribution is 2.38. The van der Waals surface area contributed by atoms with E-state index in [0.29, 0.717) is 12.8 Å². The summed E-state index contributed by atoms with van der Waals surface area (Å²) >= 11 is 0. The zero-order valence-corrected chi connectivity index (χ0v) is 15.8. The Morgan fingerprint density at radius 2 is 1.22 bits per heavy atom. The van der Waals surface area contributed by atoms with Crippen LogP contribution in [0.3, 0.4) is 0 Å². The van der Waals surface area contributed by atoms with Crippen molar-refractivity contribution in [2.75, 3.05) is 4.90 Å². The van der Waals surface area contributed by atoms with Gasteiger partial charge in [0.25, 0.3) is 0 Å². The van der Waals surface area contributed by atoms with E-state index in [1.165, 1.54) is 11.1 Å². The number of nitrogens with two attached hydrogens (primary N) is 1. The number of nitrogens with zero attached hydrogens (tertiary/aromatic N) is 1. The molecule has 2 aromatic rings. The molecule has 3 rings (SSSR count). The molecular formula is C23H28N2O2. The van der Waals surface area contributed by atoms with Gasteiger partial charge in [0.05, 0.1) is 11.4 Å². The van der Waals surface area contributed by atoms with Crippen molar-refractivity contribution in [3.63, 3.8) is 0 Å². The van der Waals surface area contributed by atoms with Crippen molar-refractivity contribution in [2.24, 2.45) is 5.73 Å². The van der Waals surface area contributed by atoms with Crippen LogP contribution in [0.25, 0.3) is 0 Å². The molecule has 4 nitrogen and oxygen atoms in total. The van der Waals surface area contributed by atoms with Gasteiger partial charge in [0, 0.05) is 19.3 Å². The van der Waals surface area contributed by atoms with E-state index < -0.39 is 0 Å². The average Bonchev–Trinajstić information content (AvgIpc) is 2.67. The van der Waals surface area contributed by atoms with Crippen molar-refractivity contribution in [1.29, 1.82) is 0 Å². The first-order valence-electron chi connectivity index (χ1n) is 9.94. The molecule has 0 unspecified atom stereocenters. The van der Waals surface area contributed by atoms with Crippen molar-refractivity contribution in [3.05, 3.63) is 59.7 Å². The number of anilines is 2. The number of fused-ring (bicyclic) bond motifs is 2. The third-order valence-electron chi connectivity index (χ3n) is 5.16. The molecule has 4 heteroatoms. The minimum atomic E-state index is -0.220. The molecule has 0 radical (unpaired) electrons. The van der Waals surface area contributed by atoms with Crippen LogP contribution in [-0.4, -0.2) is 11.8 Å². The van der Waals surface area contributed by atoms with Gasteiger partial charge in [0.1, 0.15) is 0 Å². The van der Waals surface area contributed by atoms with E-state index in [4.69, 9.17) is 5.73 Å². The van der Waals surface area contributed by atoms with Gasteiger partial charge in [-0.1, -0.05) is 62.1 Å². The van der Waals surface area contributed by atoms with Gasteiger partial charge in [-0.25, -0.2) is 0 Å². The Bertz CT molecular complexity index is 755. The molecule has 1 aliphatic rings. The number of amides is 2. The minimum absolute atomic E-state index is 0.170. The van der Waals surface area contributed by atoms with Crippen LogP contribution in [0.2, 0.25) is 0 Å². The number of rotatable bonds is 9. The number of benzene rings is 2. The highest BCUT2D eigenvalue weighted by Gasteiger charge is 2.26. The molecule has 2 amide bonds. The van der Waals surface area contributed by atoms with Gasteiger partial charge in [-0.2, -0.15) is 0 Å². The molecule has 2 aromatic carbocycles. The van der Waals surface area contributed by atoms with Crippen LogP contribution in [0.4, 0.5) is 11.4 Å². The smallest absolute Gasteiger partial charge is 0.231 e. The van der Waals surface area contributed by atoms with Crippen LogP contribution >= 0.6 is 0 Å². The van der Waals surface area contributed by atoms with Gasteiger partial charge in [-0.15, -0.1) is 0 Å². The lowest BCUT2D eigenvalue weighted by molar-refractivity contribution is -0.119. The van der Waals surface area contributed by atoms with Gasteiger partial charge in [0.2, 0.25) is 11.8 Å². The molecule has 0 aromatic heterocycles. The third kappa shape index (κ3) is 4.97. The Morgan fingerprint density at radius 3 is 1.78 bits per heavy atom. The van der Waals surface area contributed by atoms with Crippen molar-refractivity contribution >= 4 is 23.2 Å². The molecule has 0 spiro atoms. The molecule has 0 bridgehead atoms. The Labute approximate surface area is 161 Å². The monoisotopic (exact) mass is 364 g/mol. The number of carbonyl (C=O) groups is 2. The second-order valence-electron chi connectivity index (χ2n) is 7.25. The van der Waals surface area contributed by atoms with E-state index in [1.807, 2.05) is 41.3 Å². The Hall–Kier alpha value is -2.62. The maximum Gasteiger partial charge on any atom is 0.231 e. The Morgan fingerprint density at radius 1 is 0.741 bits per heavy atom. The molecule has 142 valence electrons. The topological polar surface area (TPSA) is 63.4 Å². The van der Waals surface area contributed by atoms with E-state index in [-0.39, 0.29) is 11.8 Å². The molecule has 0 saturated heterocycles. The van der Waals surface area contributed by atoms with Gasteiger partial charge in [0.15, 0.2) is 0 Å². The predicted molar refractivity (Wildman–Crippen MR) is 109 cm³/mol. The molecule has 0 atom stereocenters. The fourth-order valence-corrected chi connectivity index (χ4v) is 3.75. The number of para-hydroxylation sites is 2. The fourth-order valence-electron chi connectivity index (χ4n) is 3.75. The summed E-state index contributed by atoms with van der Waals surface area (Å²) in [5.41, 5.74) is 9.60. The number of carbonyl (C=O) groups excluding carboxylic acids is 2. The Balaban J connectivity index is 1.54. The van der Waals surface area contributed by atoms with Crippen molar-refractivity contribution < 1.29 is 9.59 Å². The second kappa shape index (κ2) is 9.36. The van der Waals surface area contributed by atoms with E-state index in [0.717, 1.165) is 56.3 Å². The molecule has 2 N–H and O–H groups in total. The summed E-state index contributed by atoms with van der Waals surface area (Å²) in [6.07, 6.45) is 7.95. The maximum atomic E-state index is 13.0. The first kappa shape index (κ1) is 19.2. The van der Waals surface area contributed by atoms with E-state index in [9.17, 15) is 9.59 Å². The van der Waals surface area contributed by atoms with Crippen molar-refractivity contribution in [3.8, 4) is 0 Å². The van der Waals surface area contributed by atoms with Crippen LogP contribution < -0.4 is 10.6 Å².